The van der Waals surface area contributed by atoms with Gasteiger partial charge < -0.3 is 5.11 Å². The molecule has 0 aromatic heterocycles. The molecule has 0 amide bonds. The van der Waals surface area contributed by atoms with E-state index < -0.39 is 0 Å². The van der Waals surface area contributed by atoms with E-state index >= 15 is 0 Å². The van der Waals surface area contributed by atoms with Crippen molar-refractivity contribution in [2.75, 3.05) is 0 Å². The minimum absolute atomic E-state index is 0.271. The predicted molar refractivity (Wildman–Crippen MR) is 56.2 cm³/mol. The number of halogens is 3. The lowest BCUT2D eigenvalue weighted by Gasteiger charge is -1.98. The van der Waals surface area contributed by atoms with Crippen LogP contribution in [0.15, 0.2) is 21.1 Å². The van der Waals surface area contributed by atoms with E-state index in [4.69, 9.17) is 5.11 Å². The average molecular weight is 378 g/mol. The smallest absolute Gasteiger partial charge is 0.130 e. The molecule has 4 heteroatoms. The standard InChI is InChI=1S/C6H3Br2IO/c7-3-1-4(8)6(10)2-5(3)9/h1-2,10H. The number of rotatable bonds is 0. The summed E-state index contributed by atoms with van der Waals surface area (Å²) in [6.07, 6.45) is 0. The predicted octanol–water partition coefficient (Wildman–Crippen LogP) is 3.52. The lowest BCUT2D eigenvalue weighted by atomic mass is 10.3. The third-order valence-corrected chi connectivity index (χ3v) is 3.91. The SMILES string of the molecule is Oc1cc(I)c(Br)cc1Br. The van der Waals surface area contributed by atoms with Gasteiger partial charge in [0.1, 0.15) is 5.75 Å². The topological polar surface area (TPSA) is 20.2 Å². The molecule has 0 aliphatic carbocycles. The van der Waals surface area contributed by atoms with E-state index in [1.165, 1.54) is 0 Å². The van der Waals surface area contributed by atoms with E-state index in [1.807, 2.05) is 6.07 Å². The monoisotopic (exact) mass is 376 g/mol. The third-order valence-electron chi connectivity index (χ3n) is 0.990. The maximum absolute atomic E-state index is 9.15. The Morgan fingerprint density at radius 1 is 1.20 bits per heavy atom. The summed E-state index contributed by atoms with van der Waals surface area (Å²) in [5, 5.41) is 9.15. The largest absolute Gasteiger partial charge is 0.507 e. The Morgan fingerprint density at radius 2 is 1.80 bits per heavy atom. The van der Waals surface area contributed by atoms with Crippen LogP contribution in [-0.2, 0) is 0 Å². The van der Waals surface area contributed by atoms with Crippen LogP contribution in [0.4, 0.5) is 0 Å². The maximum Gasteiger partial charge on any atom is 0.130 e. The first-order chi connectivity index (χ1) is 4.61. The quantitative estimate of drug-likeness (QED) is 0.542. The van der Waals surface area contributed by atoms with E-state index in [0.29, 0.717) is 4.47 Å². The van der Waals surface area contributed by atoms with Gasteiger partial charge in [-0.05, 0) is 66.6 Å². The Bertz CT molecular complexity index is 212. The van der Waals surface area contributed by atoms with E-state index in [2.05, 4.69) is 54.5 Å². The number of phenols is 1. The van der Waals surface area contributed by atoms with Crippen molar-refractivity contribution < 1.29 is 5.11 Å². The molecule has 0 saturated heterocycles. The molecule has 0 bridgehead atoms. The number of hydrogen-bond donors (Lipinski definition) is 1. The van der Waals surface area contributed by atoms with E-state index in [9.17, 15) is 0 Å². The van der Waals surface area contributed by atoms with E-state index in [1.54, 1.807) is 6.07 Å². The molecule has 54 valence electrons. The van der Waals surface area contributed by atoms with Gasteiger partial charge in [-0.3, -0.25) is 0 Å². The van der Waals surface area contributed by atoms with Gasteiger partial charge in [-0.15, -0.1) is 0 Å². The van der Waals surface area contributed by atoms with E-state index in [0.717, 1.165) is 8.04 Å². The summed E-state index contributed by atoms with van der Waals surface area (Å²) >= 11 is 8.67. The van der Waals surface area contributed by atoms with Crippen LogP contribution < -0.4 is 0 Å². The minimum Gasteiger partial charge on any atom is -0.507 e. The molecule has 1 aromatic rings. The molecular formula is C6H3Br2IO. The second-order valence-electron chi connectivity index (χ2n) is 1.72. The van der Waals surface area contributed by atoms with Crippen molar-refractivity contribution >= 4 is 54.5 Å². The normalized spacial score (nSPS) is 9.90. The fourth-order valence-corrected chi connectivity index (χ4v) is 1.96. The third kappa shape index (κ3) is 1.85. The second-order valence-corrected chi connectivity index (χ2v) is 4.59. The van der Waals surface area contributed by atoms with Gasteiger partial charge in [0, 0.05) is 8.04 Å². The van der Waals surface area contributed by atoms with Gasteiger partial charge >= 0.3 is 0 Å². The van der Waals surface area contributed by atoms with Crippen LogP contribution in [0.5, 0.6) is 5.75 Å². The molecule has 1 nitrogen and oxygen atoms in total. The van der Waals surface area contributed by atoms with Crippen LogP contribution in [0.1, 0.15) is 0 Å². The summed E-state index contributed by atoms with van der Waals surface area (Å²) in [5.74, 6) is 0.271. The molecule has 0 fully saturated rings. The molecule has 1 rings (SSSR count). The van der Waals surface area contributed by atoms with Crippen molar-refractivity contribution in [2.24, 2.45) is 0 Å². The van der Waals surface area contributed by atoms with Gasteiger partial charge in [0.05, 0.1) is 4.47 Å². The second kappa shape index (κ2) is 3.40. The first kappa shape index (κ1) is 8.80. The molecule has 0 heterocycles. The first-order valence-electron chi connectivity index (χ1n) is 2.45. The summed E-state index contributed by atoms with van der Waals surface area (Å²) in [6, 6.07) is 3.51. The average Bonchev–Trinajstić information content (AvgIpc) is 1.84. The van der Waals surface area contributed by atoms with Crippen LogP contribution in [0.25, 0.3) is 0 Å². The Morgan fingerprint density at radius 3 is 2.30 bits per heavy atom. The highest BCUT2D eigenvalue weighted by Crippen LogP contribution is 2.30. The van der Waals surface area contributed by atoms with Crippen molar-refractivity contribution in [2.45, 2.75) is 0 Å². The number of aromatic hydroxyl groups is 1. The lowest BCUT2D eigenvalue weighted by molar-refractivity contribution is 0.471. The Kier molecular flexibility index (Phi) is 3.00. The van der Waals surface area contributed by atoms with Crippen LogP contribution in [-0.4, -0.2) is 5.11 Å². The van der Waals surface area contributed by atoms with E-state index in [-0.39, 0.29) is 5.75 Å². The van der Waals surface area contributed by atoms with Gasteiger partial charge in [0.2, 0.25) is 0 Å². The molecule has 1 aromatic carbocycles. The molecule has 0 aliphatic rings. The molecule has 0 spiro atoms. The Labute approximate surface area is 89.2 Å². The van der Waals surface area contributed by atoms with Gasteiger partial charge in [-0.25, -0.2) is 0 Å². The molecule has 0 unspecified atom stereocenters. The highest BCUT2D eigenvalue weighted by atomic mass is 127. The maximum atomic E-state index is 9.15. The zero-order valence-corrected chi connectivity index (χ0v) is 10.1. The fraction of sp³-hybridized carbons (Fsp3) is 0. The zero-order valence-electron chi connectivity index (χ0n) is 4.74. The summed E-state index contributed by atoms with van der Waals surface area (Å²) in [5.41, 5.74) is 0. The van der Waals surface area contributed by atoms with Crippen molar-refractivity contribution in [3.05, 3.63) is 24.6 Å². The van der Waals surface area contributed by atoms with Crippen LogP contribution >= 0.6 is 54.5 Å². The minimum atomic E-state index is 0.271. The van der Waals surface area contributed by atoms with Crippen molar-refractivity contribution in [1.82, 2.24) is 0 Å². The summed E-state index contributed by atoms with van der Waals surface area (Å²) in [7, 11) is 0. The van der Waals surface area contributed by atoms with Crippen LogP contribution in [0, 0.1) is 3.57 Å². The fourth-order valence-electron chi connectivity index (χ4n) is 0.512. The van der Waals surface area contributed by atoms with Crippen molar-refractivity contribution in [1.29, 1.82) is 0 Å². The number of hydrogen-bond acceptors (Lipinski definition) is 1. The van der Waals surface area contributed by atoms with Gasteiger partial charge in [0.15, 0.2) is 0 Å². The number of phenolic OH excluding ortho intramolecular Hbond substituents is 1. The van der Waals surface area contributed by atoms with Crippen LogP contribution in [0.2, 0.25) is 0 Å². The molecule has 0 radical (unpaired) electrons. The lowest BCUT2D eigenvalue weighted by Crippen LogP contribution is -1.75. The molecule has 10 heavy (non-hydrogen) atoms. The Balaban J connectivity index is 3.28. The molecule has 0 atom stereocenters. The van der Waals surface area contributed by atoms with Gasteiger partial charge in [-0.1, -0.05) is 0 Å². The van der Waals surface area contributed by atoms with Crippen molar-refractivity contribution in [3.8, 4) is 5.75 Å². The molecule has 0 aliphatic heterocycles. The van der Waals surface area contributed by atoms with Crippen LogP contribution in [0.3, 0.4) is 0 Å². The molecule has 1 N–H and O–H groups in total. The van der Waals surface area contributed by atoms with Crippen molar-refractivity contribution in [3.63, 3.8) is 0 Å². The first-order valence-corrected chi connectivity index (χ1v) is 5.11. The van der Waals surface area contributed by atoms with Gasteiger partial charge in [-0.2, -0.15) is 0 Å². The summed E-state index contributed by atoms with van der Waals surface area (Å²) in [4.78, 5) is 0. The molecular weight excluding hydrogens is 375 g/mol. The Hall–Kier alpha value is 0.710. The molecule has 0 saturated carbocycles. The zero-order chi connectivity index (χ0) is 7.72. The highest BCUT2D eigenvalue weighted by Gasteiger charge is 2.01. The van der Waals surface area contributed by atoms with Gasteiger partial charge in [0.25, 0.3) is 0 Å². The summed E-state index contributed by atoms with van der Waals surface area (Å²) < 4.78 is 2.69. The highest BCUT2D eigenvalue weighted by molar-refractivity contribution is 14.1. The number of benzene rings is 1. The summed E-state index contributed by atoms with van der Waals surface area (Å²) in [6.45, 7) is 0.